The second kappa shape index (κ2) is 7.78. The van der Waals surface area contributed by atoms with Crippen LogP contribution in [0.3, 0.4) is 0 Å². The number of ketones is 1. The molecule has 0 aliphatic carbocycles. The third kappa shape index (κ3) is 3.43. The van der Waals surface area contributed by atoms with Crippen molar-refractivity contribution in [3.05, 3.63) is 65.4 Å². The number of carbonyl (C=O) groups excluding carboxylic acids is 1. The summed E-state index contributed by atoms with van der Waals surface area (Å²) in [6.45, 7) is 8.72. The molecule has 3 aromatic rings. The number of aromatic nitrogens is 1. The molecule has 4 rings (SSSR count). The van der Waals surface area contributed by atoms with E-state index >= 15 is 0 Å². The number of benzene rings is 2. The summed E-state index contributed by atoms with van der Waals surface area (Å²) in [4.78, 5) is 15.8. The topological polar surface area (TPSA) is 60.5 Å². The molecule has 0 saturated carbocycles. The molecule has 28 heavy (non-hydrogen) atoms. The van der Waals surface area contributed by atoms with Crippen molar-refractivity contribution in [3.8, 4) is 0 Å². The van der Waals surface area contributed by atoms with E-state index in [-0.39, 0.29) is 11.8 Å². The summed E-state index contributed by atoms with van der Waals surface area (Å²) in [5.41, 5.74) is 10.0. The number of hydrogen-bond acceptors (Lipinski definition) is 4. The zero-order valence-electron chi connectivity index (χ0n) is 16.5. The molecular formula is C23H27N3O2. The predicted octanol–water partition coefficient (Wildman–Crippen LogP) is 3.66. The van der Waals surface area contributed by atoms with Gasteiger partial charge in [-0.25, -0.2) is 0 Å². The molecule has 146 valence electrons. The van der Waals surface area contributed by atoms with E-state index in [2.05, 4.69) is 29.4 Å². The predicted molar refractivity (Wildman–Crippen MR) is 113 cm³/mol. The maximum Gasteiger partial charge on any atom is 0.195 e. The zero-order valence-corrected chi connectivity index (χ0v) is 16.5. The number of rotatable bonds is 5. The molecule has 5 nitrogen and oxygen atoms in total. The van der Waals surface area contributed by atoms with Crippen LogP contribution in [0.2, 0.25) is 0 Å². The van der Waals surface area contributed by atoms with Crippen molar-refractivity contribution in [3.63, 3.8) is 0 Å². The highest BCUT2D eigenvalue weighted by Crippen LogP contribution is 2.31. The lowest BCUT2D eigenvalue weighted by molar-refractivity contribution is 0.0327. The van der Waals surface area contributed by atoms with Crippen molar-refractivity contribution in [2.75, 3.05) is 38.6 Å². The molecule has 1 atom stereocenters. The summed E-state index contributed by atoms with van der Waals surface area (Å²) in [6.07, 6.45) is 0. The van der Waals surface area contributed by atoms with E-state index in [4.69, 9.17) is 10.5 Å². The Morgan fingerprint density at radius 3 is 2.50 bits per heavy atom. The van der Waals surface area contributed by atoms with Crippen molar-refractivity contribution < 1.29 is 9.53 Å². The van der Waals surface area contributed by atoms with Crippen molar-refractivity contribution >= 4 is 22.4 Å². The van der Waals surface area contributed by atoms with Gasteiger partial charge in [0.2, 0.25) is 0 Å². The fourth-order valence-corrected chi connectivity index (χ4v) is 4.26. The third-order valence-corrected chi connectivity index (χ3v) is 5.62. The summed E-state index contributed by atoms with van der Waals surface area (Å²) in [5, 5.41) is 1.01. The molecule has 1 saturated heterocycles. The summed E-state index contributed by atoms with van der Waals surface area (Å²) in [6, 6.07) is 15.6. The third-order valence-electron chi connectivity index (χ3n) is 5.62. The number of para-hydroxylation sites is 1. The van der Waals surface area contributed by atoms with Gasteiger partial charge in [0.15, 0.2) is 5.78 Å². The SMILES string of the molecule is Cc1c(C(=O)c2ccc(N)cc2)c2ccccc2n1C(C)CN1CCOCC1. The summed E-state index contributed by atoms with van der Waals surface area (Å²) < 4.78 is 7.79. The van der Waals surface area contributed by atoms with Gasteiger partial charge in [-0.15, -0.1) is 0 Å². The first-order valence-electron chi connectivity index (χ1n) is 9.86. The Morgan fingerprint density at radius 1 is 1.11 bits per heavy atom. The Hall–Kier alpha value is -2.63. The highest BCUT2D eigenvalue weighted by atomic mass is 16.5. The molecule has 1 aliphatic heterocycles. The van der Waals surface area contributed by atoms with Crippen LogP contribution in [-0.4, -0.2) is 48.1 Å². The highest BCUT2D eigenvalue weighted by Gasteiger charge is 2.24. The van der Waals surface area contributed by atoms with Crippen LogP contribution in [0.5, 0.6) is 0 Å². The van der Waals surface area contributed by atoms with Crippen LogP contribution in [0.15, 0.2) is 48.5 Å². The molecule has 0 spiro atoms. The Balaban J connectivity index is 1.74. The second-order valence-electron chi connectivity index (χ2n) is 7.56. The van der Waals surface area contributed by atoms with Gasteiger partial charge in [-0.05, 0) is 44.2 Å². The van der Waals surface area contributed by atoms with E-state index in [0.717, 1.165) is 55.0 Å². The molecule has 1 unspecified atom stereocenters. The minimum Gasteiger partial charge on any atom is -0.399 e. The van der Waals surface area contributed by atoms with E-state index in [1.165, 1.54) is 0 Å². The zero-order chi connectivity index (χ0) is 19.7. The lowest BCUT2D eigenvalue weighted by Gasteiger charge is -2.30. The van der Waals surface area contributed by atoms with E-state index in [1.54, 1.807) is 24.3 Å². The normalized spacial score (nSPS) is 16.4. The van der Waals surface area contributed by atoms with Gasteiger partial charge in [0.25, 0.3) is 0 Å². The van der Waals surface area contributed by atoms with Gasteiger partial charge in [-0.1, -0.05) is 18.2 Å². The maximum atomic E-state index is 13.3. The van der Waals surface area contributed by atoms with Crippen molar-refractivity contribution in [1.82, 2.24) is 9.47 Å². The van der Waals surface area contributed by atoms with Crippen LogP contribution in [0.4, 0.5) is 5.69 Å². The number of fused-ring (bicyclic) bond motifs is 1. The lowest BCUT2D eigenvalue weighted by atomic mass is 10.0. The second-order valence-corrected chi connectivity index (χ2v) is 7.56. The van der Waals surface area contributed by atoms with Gasteiger partial charge in [0, 0.05) is 53.5 Å². The monoisotopic (exact) mass is 377 g/mol. The molecule has 1 aromatic heterocycles. The van der Waals surface area contributed by atoms with Crippen LogP contribution in [0, 0.1) is 6.92 Å². The fourth-order valence-electron chi connectivity index (χ4n) is 4.26. The van der Waals surface area contributed by atoms with Crippen LogP contribution in [0.1, 0.15) is 34.6 Å². The molecule has 2 heterocycles. The van der Waals surface area contributed by atoms with Crippen LogP contribution in [0.25, 0.3) is 10.9 Å². The Kier molecular flexibility index (Phi) is 5.20. The fraction of sp³-hybridized carbons (Fsp3) is 0.348. The molecule has 0 amide bonds. The van der Waals surface area contributed by atoms with Gasteiger partial charge >= 0.3 is 0 Å². The minimum absolute atomic E-state index is 0.0472. The van der Waals surface area contributed by atoms with Crippen molar-refractivity contribution in [1.29, 1.82) is 0 Å². The number of nitrogens with zero attached hydrogens (tertiary/aromatic N) is 2. The number of carbonyl (C=O) groups is 1. The van der Waals surface area contributed by atoms with Gasteiger partial charge in [-0.2, -0.15) is 0 Å². The van der Waals surface area contributed by atoms with Crippen molar-refractivity contribution in [2.24, 2.45) is 0 Å². The van der Waals surface area contributed by atoms with E-state index in [9.17, 15) is 4.79 Å². The molecule has 0 radical (unpaired) electrons. The number of nitrogens with two attached hydrogens (primary N) is 1. The Bertz CT molecular complexity index is 985. The Morgan fingerprint density at radius 2 is 1.79 bits per heavy atom. The van der Waals surface area contributed by atoms with Crippen LogP contribution < -0.4 is 5.73 Å². The number of nitrogen functional groups attached to an aromatic ring is 1. The average molecular weight is 377 g/mol. The first-order chi connectivity index (χ1) is 13.6. The Labute approximate surface area is 165 Å². The van der Waals surface area contributed by atoms with Crippen molar-refractivity contribution in [2.45, 2.75) is 19.9 Å². The molecule has 0 bridgehead atoms. The summed E-state index contributed by atoms with van der Waals surface area (Å²) in [5.74, 6) is 0.0472. The number of anilines is 1. The molecule has 1 aliphatic rings. The van der Waals surface area contributed by atoms with Gasteiger partial charge < -0.3 is 15.0 Å². The minimum atomic E-state index is 0.0472. The largest absolute Gasteiger partial charge is 0.399 e. The smallest absolute Gasteiger partial charge is 0.195 e. The number of morpholine rings is 1. The molecule has 5 heteroatoms. The molecule has 1 fully saturated rings. The highest BCUT2D eigenvalue weighted by molar-refractivity contribution is 6.17. The lowest BCUT2D eigenvalue weighted by Crippen LogP contribution is -2.39. The molecule has 2 aromatic carbocycles. The first-order valence-corrected chi connectivity index (χ1v) is 9.86. The van der Waals surface area contributed by atoms with Crippen LogP contribution in [-0.2, 0) is 4.74 Å². The number of hydrogen-bond donors (Lipinski definition) is 1. The first kappa shape index (κ1) is 18.7. The maximum absolute atomic E-state index is 13.3. The summed E-state index contributed by atoms with van der Waals surface area (Å²) >= 11 is 0. The van der Waals surface area contributed by atoms with Gasteiger partial charge in [-0.3, -0.25) is 9.69 Å². The number of ether oxygens (including phenoxy) is 1. The molecule has 2 N–H and O–H groups in total. The quantitative estimate of drug-likeness (QED) is 0.545. The van der Waals surface area contributed by atoms with Gasteiger partial charge in [0.1, 0.15) is 0 Å². The molecular weight excluding hydrogens is 350 g/mol. The van der Waals surface area contributed by atoms with E-state index in [0.29, 0.717) is 11.3 Å². The summed E-state index contributed by atoms with van der Waals surface area (Å²) in [7, 11) is 0. The van der Waals surface area contributed by atoms with E-state index < -0.39 is 0 Å². The van der Waals surface area contributed by atoms with E-state index in [1.807, 2.05) is 18.2 Å². The van der Waals surface area contributed by atoms with Crippen LogP contribution >= 0.6 is 0 Å². The van der Waals surface area contributed by atoms with Gasteiger partial charge in [0.05, 0.1) is 18.8 Å². The average Bonchev–Trinajstić information content (AvgIpc) is 3.00. The standard InChI is InChI=1S/C23H27N3O2/c1-16(15-25-11-13-28-14-12-25)26-17(2)22(20-5-3-4-6-21(20)26)23(27)18-7-9-19(24)10-8-18/h3-10,16H,11-15,24H2,1-2H3.